The van der Waals surface area contributed by atoms with Crippen molar-refractivity contribution in [3.8, 4) is 0 Å². The molecule has 3 heteroatoms. The van der Waals surface area contributed by atoms with Gasteiger partial charge in [0.2, 0.25) is 0 Å². The van der Waals surface area contributed by atoms with Gasteiger partial charge in [-0.1, -0.05) is 51.5 Å². The van der Waals surface area contributed by atoms with Crippen LogP contribution >= 0.6 is 0 Å². The molecule has 2 N–H and O–H groups in total. The molecule has 0 amide bonds. The summed E-state index contributed by atoms with van der Waals surface area (Å²) >= 11 is 0. The van der Waals surface area contributed by atoms with E-state index in [2.05, 4.69) is 32.9 Å². The topological polar surface area (TPSA) is 52.3 Å². The summed E-state index contributed by atoms with van der Waals surface area (Å²) in [5, 5.41) is 0. The number of carbonyl (C=O) groups excluding carboxylic acids is 1. The minimum absolute atomic E-state index is 0.0965. The third-order valence-electron chi connectivity index (χ3n) is 4.95. The van der Waals surface area contributed by atoms with E-state index in [9.17, 15) is 4.79 Å². The maximum absolute atomic E-state index is 12.4. The van der Waals surface area contributed by atoms with E-state index in [4.69, 9.17) is 10.5 Å². The van der Waals surface area contributed by atoms with Crippen LogP contribution in [-0.2, 0) is 14.9 Å². The number of carbonyl (C=O) groups is 1. The molecule has 0 radical (unpaired) electrons. The smallest absolute Gasteiger partial charge is 0.341 e. The van der Waals surface area contributed by atoms with Crippen molar-refractivity contribution in [2.24, 2.45) is 5.73 Å². The van der Waals surface area contributed by atoms with Gasteiger partial charge in [-0.2, -0.15) is 0 Å². The number of benzene rings is 1. The SMILES string of the molecule is CC(C)(C)c1ccc(C2=C(N)C3(CCCCC3)OC2=O)cc1. The first-order valence-corrected chi connectivity index (χ1v) is 8.18. The van der Waals surface area contributed by atoms with Crippen LogP contribution in [0.1, 0.15) is 64.0 Å². The van der Waals surface area contributed by atoms with Crippen LogP contribution in [0.5, 0.6) is 0 Å². The average molecular weight is 299 g/mol. The van der Waals surface area contributed by atoms with Crippen molar-refractivity contribution < 1.29 is 9.53 Å². The van der Waals surface area contributed by atoms with Gasteiger partial charge in [0.25, 0.3) is 0 Å². The second-order valence-electron chi connectivity index (χ2n) is 7.56. The second kappa shape index (κ2) is 5.15. The maximum atomic E-state index is 12.4. The third-order valence-corrected chi connectivity index (χ3v) is 4.95. The summed E-state index contributed by atoms with van der Waals surface area (Å²) in [4.78, 5) is 12.4. The normalized spacial score (nSPS) is 21.3. The van der Waals surface area contributed by atoms with Crippen LogP contribution < -0.4 is 5.73 Å². The first-order chi connectivity index (χ1) is 10.3. The molecule has 1 aliphatic heterocycles. The zero-order valence-electron chi connectivity index (χ0n) is 13.7. The molecular weight excluding hydrogens is 274 g/mol. The molecule has 22 heavy (non-hydrogen) atoms. The van der Waals surface area contributed by atoms with E-state index in [1.54, 1.807) is 0 Å². The van der Waals surface area contributed by atoms with E-state index in [1.807, 2.05) is 12.1 Å². The van der Waals surface area contributed by atoms with Crippen molar-refractivity contribution in [2.45, 2.75) is 63.9 Å². The monoisotopic (exact) mass is 299 g/mol. The van der Waals surface area contributed by atoms with Gasteiger partial charge < -0.3 is 10.5 Å². The summed E-state index contributed by atoms with van der Waals surface area (Å²) in [5.41, 5.74) is 9.26. The number of rotatable bonds is 1. The van der Waals surface area contributed by atoms with Crippen LogP contribution in [-0.4, -0.2) is 11.6 Å². The molecule has 2 aliphatic rings. The molecule has 3 rings (SSSR count). The van der Waals surface area contributed by atoms with Gasteiger partial charge in [0, 0.05) is 0 Å². The Morgan fingerprint density at radius 1 is 1.05 bits per heavy atom. The van der Waals surface area contributed by atoms with E-state index in [0.717, 1.165) is 31.2 Å². The minimum Gasteiger partial charge on any atom is -0.449 e. The average Bonchev–Trinajstić information content (AvgIpc) is 2.70. The van der Waals surface area contributed by atoms with Crippen molar-refractivity contribution in [1.82, 2.24) is 0 Å². The molecule has 1 aromatic rings. The number of nitrogens with two attached hydrogens (primary N) is 1. The Balaban J connectivity index is 1.98. The van der Waals surface area contributed by atoms with Crippen LogP contribution in [0, 0.1) is 0 Å². The van der Waals surface area contributed by atoms with Crippen molar-refractivity contribution in [1.29, 1.82) is 0 Å². The largest absolute Gasteiger partial charge is 0.449 e. The molecule has 1 heterocycles. The van der Waals surface area contributed by atoms with Gasteiger partial charge in [0.15, 0.2) is 5.60 Å². The molecule has 0 unspecified atom stereocenters. The van der Waals surface area contributed by atoms with Crippen LogP contribution in [0.15, 0.2) is 30.0 Å². The lowest BCUT2D eigenvalue weighted by atomic mass is 9.81. The van der Waals surface area contributed by atoms with E-state index >= 15 is 0 Å². The van der Waals surface area contributed by atoms with Crippen molar-refractivity contribution in [3.63, 3.8) is 0 Å². The van der Waals surface area contributed by atoms with Gasteiger partial charge in [-0.3, -0.25) is 0 Å². The van der Waals surface area contributed by atoms with Crippen LogP contribution in [0.2, 0.25) is 0 Å². The van der Waals surface area contributed by atoms with E-state index in [0.29, 0.717) is 11.3 Å². The second-order valence-corrected chi connectivity index (χ2v) is 7.56. The Kier molecular flexibility index (Phi) is 3.54. The minimum atomic E-state index is -0.534. The molecule has 1 spiro atoms. The van der Waals surface area contributed by atoms with E-state index in [1.165, 1.54) is 12.0 Å². The molecule has 0 saturated heterocycles. The molecule has 0 atom stereocenters. The van der Waals surface area contributed by atoms with Gasteiger partial charge in [0.1, 0.15) is 0 Å². The number of hydrogen-bond acceptors (Lipinski definition) is 3. The molecule has 1 fully saturated rings. The Morgan fingerprint density at radius 3 is 2.18 bits per heavy atom. The summed E-state index contributed by atoms with van der Waals surface area (Å²) in [6.07, 6.45) is 5.05. The lowest BCUT2D eigenvalue weighted by Gasteiger charge is -2.32. The fourth-order valence-corrected chi connectivity index (χ4v) is 3.53. The Morgan fingerprint density at radius 2 is 1.64 bits per heavy atom. The van der Waals surface area contributed by atoms with Crippen molar-refractivity contribution in [3.05, 3.63) is 41.1 Å². The quantitative estimate of drug-likeness (QED) is 0.800. The first-order valence-electron chi connectivity index (χ1n) is 8.18. The summed E-state index contributed by atoms with van der Waals surface area (Å²) in [6.45, 7) is 6.53. The molecule has 3 nitrogen and oxygen atoms in total. The molecule has 1 aromatic carbocycles. The highest BCUT2D eigenvalue weighted by molar-refractivity contribution is 6.20. The predicted octanol–water partition coefficient (Wildman–Crippen LogP) is 3.91. The summed E-state index contributed by atoms with van der Waals surface area (Å²) in [6, 6.07) is 8.14. The van der Waals surface area contributed by atoms with Crippen LogP contribution in [0.25, 0.3) is 5.57 Å². The molecule has 118 valence electrons. The molecule has 0 bridgehead atoms. The molecular formula is C19H25NO2. The van der Waals surface area contributed by atoms with Crippen LogP contribution in [0.3, 0.4) is 0 Å². The Bertz CT molecular complexity index is 614. The van der Waals surface area contributed by atoms with E-state index in [-0.39, 0.29) is 11.4 Å². The lowest BCUT2D eigenvalue weighted by Crippen LogP contribution is -2.37. The number of hydrogen-bond donors (Lipinski definition) is 1. The Hall–Kier alpha value is -1.77. The zero-order valence-corrected chi connectivity index (χ0v) is 13.7. The number of esters is 1. The maximum Gasteiger partial charge on any atom is 0.341 e. The molecule has 0 aromatic heterocycles. The molecule has 1 aliphatic carbocycles. The fourth-order valence-electron chi connectivity index (χ4n) is 3.53. The van der Waals surface area contributed by atoms with Gasteiger partial charge in [0.05, 0.1) is 11.3 Å². The zero-order chi connectivity index (χ0) is 16.0. The third kappa shape index (κ3) is 2.43. The summed E-state index contributed by atoms with van der Waals surface area (Å²) in [7, 11) is 0. The number of ether oxygens (including phenoxy) is 1. The summed E-state index contributed by atoms with van der Waals surface area (Å²) < 4.78 is 5.73. The Labute approximate surface area is 132 Å². The first kappa shape index (κ1) is 15.1. The lowest BCUT2D eigenvalue weighted by molar-refractivity contribution is -0.147. The van der Waals surface area contributed by atoms with Crippen molar-refractivity contribution in [2.75, 3.05) is 0 Å². The predicted molar refractivity (Wildman–Crippen MR) is 88.2 cm³/mol. The highest BCUT2D eigenvalue weighted by Crippen LogP contribution is 2.44. The van der Waals surface area contributed by atoms with Crippen LogP contribution in [0.4, 0.5) is 0 Å². The molecule has 1 saturated carbocycles. The van der Waals surface area contributed by atoms with Gasteiger partial charge in [-0.15, -0.1) is 0 Å². The highest BCUT2D eigenvalue weighted by Gasteiger charge is 2.47. The standard InChI is InChI=1S/C19H25NO2/c1-18(2,3)14-9-7-13(8-10-14)15-16(20)19(22-17(15)21)11-5-4-6-12-19/h7-10H,4-6,11-12,20H2,1-3H3. The van der Waals surface area contributed by atoms with Gasteiger partial charge in [-0.05, 0) is 42.2 Å². The summed E-state index contributed by atoms with van der Waals surface area (Å²) in [5.74, 6) is -0.261. The highest BCUT2D eigenvalue weighted by atomic mass is 16.6. The van der Waals surface area contributed by atoms with Gasteiger partial charge >= 0.3 is 5.97 Å². The van der Waals surface area contributed by atoms with Crippen molar-refractivity contribution >= 4 is 11.5 Å². The van der Waals surface area contributed by atoms with Gasteiger partial charge in [-0.25, -0.2) is 4.79 Å². The van der Waals surface area contributed by atoms with E-state index < -0.39 is 5.60 Å². The fraction of sp³-hybridized carbons (Fsp3) is 0.526.